The molecule has 0 fully saturated rings. The van der Waals surface area contributed by atoms with Crippen LogP contribution in [0.5, 0.6) is 0 Å². The van der Waals surface area contributed by atoms with Crippen molar-refractivity contribution in [1.29, 1.82) is 0 Å². The van der Waals surface area contributed by atoms with Gasteiger partial charge in [-0.15, -0.1) is 0 Å². The quantitative estimate of drug-likeness (QED) is 0.923. The van der Waals surface area contributed by atoms with Crippen molar-refractivity contribution < 1.29 is 18.4 Å². The molecule has 21 heavy (non-hydrogen) atoms. The fourth-order valence-electron chi connectivity index (χ4n) is 2.00. The van der Waals surface area contributed by atoms with Crippen LogP contribution >= 0.6 is 0 Å². The summed E-state index contributed by atoms with van der Waals surface area (Å²) < 4.78 is 26.2. The molecule has 1 aromatic carbocycles. The molecule has 1 heterocycles. The van der Waals surface area contributed by atoms with E-state index < -0.39 is 17.7 Å². The van der Waals surface area contributed by atoms with Crippen LogP contribution in [0.1, 0.15) is 31.4 Å². The molecule has 0 aliphatic carbocycles. The Morgan fingerprint density at radius 2 is 2.05 bits per heavy atom. The first kappa shape index (κ1) is 15.1. The summed E-state index contributed by atoms with van der Waals surface area (Å²) in [5.41, 5.74) is 2.97. The Balaban J connectivity index is 2.14. The van der Waals surface area contributed by atoms with E-state index in [0.29, 0.717) is 5.56 Å². The average molecular weight is 295 g/mol. The van der Waals surface area contributed by atoms with Gasteiger partial charge in [-0.3, -0.25) is 9.59 Å². The van der Waals surface area contributed by atoms with Crippen molar-refractivity contribution >= 4 is 17.5 Å². The van der Waals surface area contributed by atoms with Gasteiger partial charge in [0.25, 0.3) is 5.91 Å². The second-order valence-corrected chi connectivity index (χ2v) is 4.86. The van der Waals surface area contributed by atoms with Crippen LogP contribution in [0.15, 0.2) is 23.3 Å². The maximum Gasteiger partial charge on any atom is 0.270 e. The molecular formula is C14H15F2N3O2. The largest absolute Gasteiger partial charge is 0.334 e. The molecule has 112 valence electrons. The highest BCUT2D eigenvalue weighted by atomic mass is 19.2. The van der Waals surface area contributed by atoms with Crippen LogP contribution in [-0.4, -0.2) is 29.5 Å². The fourth-order valence-corrected chi connectivity index (χ4v) is 2.00. The highest BCUT2D eigenvalue weighted by Crippen LogP contribution is 2.21. The smallest absolute Gasteiger partial charge is 0.270 e. The molecule has 0 radical (unpaired) electrons. The van der Waals surface area contributed by atoms with Crippen molar-refractivity contribution in [2.75, 3.05) is 7.05 Å². The summed E-state index contributed by atoms with van der Waals surface area (Å²) in [7, 11) is 1.55. The highest BCUT2D eigenvalue weighted by molar-refractivity contribution is 6.39. The van der Waals surface area contributed by atoms with Crippen molar-refractivity contribution in [3.8, 4) is 0 Å². The number of halogens is 2. The van der Waals surface area contributed by atoms with Crippen LogP contribution in [0.2, 0.25) is 0 Å². The molecule has 0 saturated carbocycles. The molecule has 2 amide bonds. The number of benzene rings is 1. The number of amides is 2. The zero-order chi connectivity index (χ0) is 15.6. The van der Waals surface area contributed by atoms with Gasteiger partial charge in [-0.25, -0.2) is 14.2 Å². The first-order chi connectivity index (χ1) is 9.90. The van der Waals surface area contributed by atoms with Crippen LogP contribution in [-0.2, 0) is 9.59 Å². The van der Waals surface area contributed by atoms with E-state index in [1.807, 2.05) is 0 Å². The molecule has 0 spiro atoms. The molecule has 0 aromatic heterocycles. The summed E-state index contributed by atoms with van der Waals surface area (Å²) in [6.07, 6.45) is 0.470. The van der Waals surface area contributed by atoms with Crippen molar-refractivity contribution in [2.24, 2.45) is 5.10 Å². The summed E-state index contributed by atoms with van der Waals surface area (Å²) in [5, 5.41) is 3.73. The Bertz CT molecular complexity index is 616. The molecule has 0 bridgehead atoms. The molecule has 2 rings (SSSR count). The third kappa shape index (κ3) is 3.24. The summed E-state index contributed by atoms with van der Waals surface area (Å²) in [6, 6.07) is 3.07. The lowest BCUT2D eigenvalue weighted by molar-refractivity contribution is -0.125. The number of nitrogens with zero attached hydrogens (tertiary/aromatic N) is 2. The van der Waals surface area contributed by atoms with Crippen LogP contribution in [0, 0.1) is 11.6 Å². The van der Waals surface area contributed by atoms with E-state index in [1.54, 1.807) is 14.0 Å². The number of rotatable bonds is 3. The zero-order valence-electron chi connectivity index (χ0n) is 11.7. The SMILES string of the molecule is CC(c1ccc(F)c(F)c1)N(C)C(=O)C1=NNC(=O)CC1. The van der Waals surface area contributed by atoms with Gasteiger partial charge in [0.15, 0.2) is 11.6 Å². The highest BCUT2D eigenvalue weighted by Gasteiger charge is 2.25. The average Bonchev–Trinajstić information content (AvgIpc) is 2.48. The van der Waals surface area contributed by atoms with Gasteiger partial charge in [0.1, 0.15) is 5.71 Å². The van der Waals surface area contributed by atoms with E-state index in [0.717, 1.165) is 12.1 Å². The number of hydrazone groups is 1. The Hall–Kier alpha value is -2.31. The molecule has 7 heteroatoms. The van der Waals surface area contributed by atoms with Crippen LogP contribution in [0.4, 0.5) is 8.78 Å². The van der Waals surface area contributed by atoms with Gasteiger partial charge in [0, 0.05) is 19.9 Å². The minimum absolute atomic E-state index is 0.206. The summed E-state index contributed by atoms with van der Waals surface area (Å²) in [6.45, 7) is 1.70. The second kappa shape index (κ2) is 5.99. The summed E-state index contributed by atoms with van der Waals surface area (Å²) in [5.74, 6) is -2.48. The van der Waals surface area contributed by atoms with E-state index in [4.69, 9.17) is 0 Å². The van der Waals surface area contributed by atoms with Crippen LogP contribution in [0.3, 0.4) is 0 Å². The van der Waals surface area contributed by atoms with Gasteiger partial charge in [0.2, 0.25) is 5.91 Å². The van der Waals surface area contributed by atoms with Crippen LogP contribution in [0.25, 0.3) is 0 Å². The van der Waals surface area contributed by atoms with Gasteiger partial charge >= 0.3 is 0 Å². The second-order valence-electron chi connectivity index (χ2n) is 4.86. The Labute approximate surface area is 120 Å². The third-order valence-corrected chi connectivity index (χ3v) is 3.48. The Kier molecular flexibility index (Phi) is 4.30. The number of carbonyl (C=O) groups is 2. The van der Waals surface area contributed by atoms with E-state index >= 15 is 0 Å². The summed E-state index contributed by atoms with van der Waals surface area (Å²) >= 11 is 0. The number of nitrogens with one attached hydrogen (secondary N) is 1. The normalized spacial score (nSPS) is 16.0. The van der Waals surface area contributed by atoms with Gasteiger partial charge < -0.3 is 4.90 Å². The molecule has 1 unspecified atom stereocenters. The molecule has 0 saturated heterocycles. The lowest BCUT2D eigenvalue weighted by atomic mass is 10.1. The van der Waals surface area contributed by atoms with E-state index in [-0.39, 0.29) is 30.4 Å². The molecule has 1 atom stereocenters. The van der Waals surface area contributed by atoms with Crippen LogP contribution < -0.4 is 5.43 Å². The summed E-state index contributed by atoms with van der Waals surface area (Å²) in [4.78, 5) is 24.6. The van der Waals surface area contributed by atoms with Crippen molar-refractivity contribution in [2.45, 2.75) is 25.8 Å². The van der Waals surface area contributed by atoms with Gasteiger partial charge in [-0.05, 0) is 24.6 Å². The Morgan fingerprint density at radius 1 is 1.33 bits per heavy atom. The predicted octanol–water partition coefficient (Wildman–Crippen LogP) is 1.75. The van der Waals surface area contributed by atoms with Gasteiger partial charge in [-0.1, -0.05) is 6.07 Å². The van der Waals surface area contributed by atoms with Gasteiger partial charge in [0.05, 0.1) is 6.04 Å². The number of hydrogen-bond donors (Lipinski definition) is 1. The molecule has 5 nitrogen and oxygen atoms in total. The molecule has 1 aliphatic rings. The molecular weight excluding hydrogens is 280 g/mol. The monoisotopic (exact) mass is 295 g/mol. The standard InChI is InChI=1S/C14H15F2N3O2/c1-8(9-3-4-10(15)11(16)7-9)19(2)14(21)12-5-6-13(20)18-17-12/h3-4,7-8H,5-6H2,1-2H3,(H,18,20). The topological polar surface area (TPSA) is 61.8 Å². The zero-order valence-corrected chi connectivity index (χ0v) is 11.7. The first-order valence-corrected chi connectivity index (χ1v) is 6.47. The maximum atomic E-state index is 13.3. The maximum absolute atomic E-state index is 13.3. The molecule has 1 N–H and O–H groups in total. The van der Waals surface area contributed by atoms with E-state index in [9.17, 15) is 18.4 Å². The molecule has 1 aromatic rings. The van der Waals surface area contributed by atoms with Crippen molar-refractivity contribution in [3.05, 3.63) is 35.4 Å². The van der Waals surface area contributed by atoms with Crippen molar-refractivity contribution in [1.82, 2.24) is 10.3 Å². The number of hydrogen-bond acceptors (Lipinski definition) is 3. The van der Waals surface area contributed by atoms with Crippen molar-refractivity contribution in [3.63, 3.8) is 0 Å². The number of carbonyl (C=O) groups excluding carboxylic acids is 2. The minimum Gasteiger partial charge on any atom is -0.334 e. The van der Waals surface area contributed by atoms with E-state index in [1.165, 1.54) is 11.0 Å². The Morgan fingerprint density at radius 3 is 2.62 bits per heavy atom. The first-order valence-electron chi connectivity index (χ1n) is 6.47. The van der Waals surface area contributed by atoms with E-state index in [2.05, 4.69) is 10.5 Å². The molecule has 1 aliphatic heterocycles. The lowest BCUT2D eigenvalue weighted by Gasteiger charge is -2.26. The predicted molar refractivity (Wildman–Crippen MR) is 72.4 cm³/mol. The lowest BCUT2D eigenvalue weighted by Crippen LogP contribution is -2.39. The third-order valence-electron chi connectivity index (χ3n) is 3.48. The van der Waals surface area contributed by atoms with Gasteiger partial charge in [-0.2, -0.15) is 5.10 Å². The minimum atomic E-state index is -0.956. The fraction of sp³-hybridized carbons (Fsp3) is 0.357.